The molecular weight excluding hydrogens is 279 g/mol. The minimum Gasteiger partial charge on any atom is -0.149 e. The highest BCUT2D eigenvalue weighted by atomic mass is 127. The second-order valence-corrected chi connectivity index (χ2v) is 6.21. The minimum atomic E-state index is 0.885. The van der Waals surface area contributed by atoms with Gasteiger partial charge in [0.05, 0.1) is 0 Å². The van der Waals surface area contributed by atoms with Crippen molar-refractivity contribution in [3.05, 3.63) is 22.4 Å². The van der Waals surface area contributed by atoms with Crippen LogP contribution in [0.3, 0.4) is 0 Å². The number of hydrogen-bond acceptors (Lipinski definition) is 1. The van der Waals surface area contributed by atoms with E-state index in [-0.39, 0.29) is 0 Å². The van der Waals surface area contributed by atoms with E-state index in [0.29, 0.717) is 0 Å². The molecule has 2 heteroatoms. The molecule has 0 unspecified atom stereocenters. The molecule has 12 heavy (non-hydrogen) atoms. The van der Waals surface area contributed by atoms with Crippen LogP contribution in [0.25, 0.3) is 0 Å². The van der Waals surface area contributed by atoms with E-state index in [1.807, 2.05) is 11.3 Å². The molecule has 0 saturated heterocycles. The molecule has 1 aromatic rings. The van der Waals surface area contributed by atoms with Crippen molar-refractivity contribution in [1.82, 2.24) is 0 Å². The van der Waals surface area contributed by atoms with Crippen LogP contribution in [0, 0.1) is 0 Å². The molecule has 66 valence electrons. The van der Waals surface area contributed by atoms with Crippen LogP contribution < -0.4 is 0 Å². The third-order valence-corrected chi connectivity index (χ3v) is 4.88. The summed E-state index contributed by atoms with van der Waals surface area (Å²) in [5.41, 5.74) is 0. The van der Waals surface area contributed by atoms with Gasteiger partial charge in [-0.25, -0.2) is 0 Å². The summed E-state index contributed by atoms with van der Waals surface area (Å²) in [5.74, 6) is 0.885. The zero-order valence-corrected chi connectivity index (χ0v) is 9.98. The predicted octanol–water partition coefficient (Wildman–Crippen LogP) is 4.21. The molecule has 1 fully saturated rings. The number of rotatable bonds is 1. The first kappa shape index (κ1) is 9.00. The van der Waals surface area contributed by atoms with Crippen LogP contribution in [0.15, 0.2) is 17.5 Å². The van der Waals surface area contributed by atoms with Crippen LogP contribution >= 0.6 is 33.9 Å². The van der Waals surface area contributed by atoms with Crippen molar-refractivity contribution in [2.24, 2.45) is 0 Å². The van der Waals surface area contributed by atoms with E-state index in [0.717, 1.165) is 9.84 Å². The average Bonchev–Trinajstić information content (AvgIpc) is 2.58. The second-order valence-electron chi connectivity index (χ2n) is 3.46. The van der Waals surface area contributed by atoms with E-state index in [9.17, 15) is 0 Å². The smallest absolute Gasteiger partial charge is 0.0110 e. The predicted molar refractivity (Wildman–Crippen MR) is 63.3 cm³/mol. The van der Waals surface area contributed by atoms with Crippen LogP contribution in [0.5, 0.6) is 0 Å². The van der Waals surface area contributed by atoms with Crippen molar-refractivity contribution in [1.29, 1.82) is 0 Å². The fourth-order valence-electron chi connectivity index (χ4n) is 1.86. The Kier molecular flexibility index (Phi) is 3.07. The van der Waals surface area contributed by atoms with E-state index in [2.05, 4.69) is 40.1 Å². The fourth-order valence-corrected chi connectivity index (χ4v) is 3.48. The summed E-state index contributed by atoms with van der Waals surface area (Å²) in [7, 11) is 0. The summed E-state index contributed by atoms with van der Waals surface area (Å²) >= 11 is 4.52. The Morgan fingerprint density at radius 2 is 2.00 bits per heavy atom. The van der Waals surface area contributed by atoms with Crippen molar-refractivity contribution < 1.29 is 0 Å². The number of thiophene rings is 1. The van der Waals surface area contributed by atoms with Crippen LogP contribution in [0.2, 0.25) is 0 Å². The first-order valence-electron chi connectivity index (χ1n) is 4.54. The van der Waals surface area contributed by atoms with E-state index < -0.39 is 0 Å². The lowest BCUT2D eigenvalue weighted by molar-refractivity contribution is 0.467. The van der Waals surface area contributed by atoms with Gasteiger partial charge < -0.3 is 0 Å². The monoisotopic (exact) mass is 292 g/mol. The van der Waals surface area contributed by atoms with Gasteiger partial charge in [0.1, 0.15) is 0 Å². The molecule has 1 aliphatic rings. The standard InChI is InChI=1S/C10H13IS/c11-9-5-3-8(4-6-9)10-2-1-7-12-10/h1-2,7-9H,3-6H2. The Balaban J connectivity index is 1.99. The van der Waals surface area contributed by atoms with Gasteiger partial charge in [0.25, 0.3) is 0 Å². The number of halogens is 1. The molecule has 1 saturated carbocycles. The van der Waals surface area contributed by atoms with E-state index in [4.69, 9.17) is 0 Å². The maximum absolute atomic E-state index is 2.59. The lowest BCUT2D eigenvalue weighted by Gasteiger charge is -2.24. The molecule has 1 heterocycles. The van der Waals surface area contributed by atoms with Gasteiger partial charge in [-0.1, -0.05) is 28.7 Å². The van der Waals surface area contributed by atoms with Crippen molar-refractivity contribution >= 4 is 33.9 Å². The van der Waals surface area contributed by atoms with Gasteiger partial charge in [0.15, 0.2) is 0 Å². The Bertz CT molecular complexity index is 222. The Hall–Kier alpha value is 0.430. The van der Waals surface area contributed by atoms with Crippen molar-refractivity contribution in [3.8, 4) is 0 Å². The van der Waals surface area contributed by atoms with Crippen LogP contribution in [-0.4, -0.2) is 3.92 Å². The maximum atomic E-state index is 2.59. The molecule has 0 radical (unpaired) electrons. The van der Waals surface area contributed by atoms with Crippen LogP contribution in [-0.2, 0) is 0 Å². The SMILES string of the molecule is IC1CCC(c2cccs2)CC1. The molecule has 0 aliphatic heterocycles. The molecule has 0 atom stereocenters. The second kappa shape index (κ2) is 4.09. The summed E-state index contributed by atoms with van der Waals surface area (Å²) in [6.45, 7) is 0. The van der Waals surface area contributed by atoms with Gasteiger partial charge in [-0.15, -0.1) is 11.3 Å². The van der Waals surface area contributed by atoms with E-state index >= 15 is 0 Å². The zero-order chi connectivity index (χ0) is 8.39. The molecule has 0 spiro atoms. The summed E-state index contributed by atoms with van der Waals surface area (Å²) in [6.07, 6.45) is 5.66. The zero-order valence-electron chi connectivity index (χ0n) is 7.00. The highest BCUT2D eigenvalue weighted by Gasteiger charge is 2.20. The fraction of sp³-hybridized carbons (Fsp3) is 0.600. The van der Waals surface area contributed by atoms with Gasteiger partial charge in [0.2, 0.25) is 0 Å². The lowest BCUT2D eigenvalue weighted by atomic mass is 9.88. The average molecular weight is 292 g/mol. The quantitative estimate of drug-likeness (QED) is 0.537. The molecule has 1 aromatic heterocycles. The minimum absolute atomic E-state index is 0.885. The Morgan fingerprint density at radius 3 is 2.58 bits per heavy atom. The van der Waals surface area contributed by atoms with Gasteiger partial charge in [0, 0.05) is 8.80 Å². The van der Waals surface area contributed by atoms with Crippen LogP contribution in [0.4, 0.5) is 0 Å². The van der Waals surface area contributed by atoms with Gasteiger partial charge in [-0.05, 0) is 43.0 Å². The van der Waals surface area contributed by atoms with Gasteiger partial charge in [-0.2, -0.15) is 0 Å². The Labute approximate surface area is 91.5 Å². The molecule has 0 nitrogen and oxygen atoms in total. The molecule has 0 bridgehead atoms. The molecule has 1 aliphatic carbocycles. The highest BCUT2D eigenvalue weighted by Crippen LogP contribution is 2.37. The maximum Gasteiger partial charge on any atom is 0.0110 e. The Morgan fingerprint density at radius 1 is 1.25 bits per heavy atom. The first-order valence-corrected chi connectivity index (χ1v) is 6.66. The van der Waals surface area contributed by atoms with E-state index in [1.54, 1.807) is 4.88 Å². The topological polar surface area (TPSA) is 0 Å². The lowest BCUT2D eigenvalue weighted by Crippen LogP contribution is -2.11. The molecule has 2 rings (SSSR count). The normalized spacial score (nSPS) is 30.4. The third-order valence-electron chi connectivity index (χ3n) is 2.60. The highest BCUT2D eigenvalue weighted by molar-refractivity contribution is 14.1. The van der Waals surface area contributed by atoms with Gasteiger partial charge >= 0.3 is 0 Å². The summed E-state index contributed by atoms with van der Waals surface area (Å²) in [4.78, 5) is 1.61. The van der Waals surface area contributed by atoms with Crippen molar-refractivity contribution in [2.75, 3.05) is 0 Å². The van der Waals surface area contributed by atoms with Crippen molar-refractivity contribution in [3.63, 3.8) is 0 Å². The molecule has 0 amide bonds. The van der Waals surface area contributed by atoms with Crippen molar-refractivity contribution in [2.45, 2.75) is 35.5 Å². The number of alkyl halides is 1. The largest absolute Gasteiger partial charge is 0.149 e. The van der Waals surface area contributed by atoms with Crippen LogP contribution in [0.1, 0.15) is 36.5 Å². The van der Waals surface area contributed by atoms with Gasteiger partial charge in [-0.3, -0.25) is 0 Å². The first-order chi connectivity index (χ1) is 5.86. The number of hydrogen-bond donors (Lipinski definition) is 0. The van der Waals surface area contributed by atoms with E-state index in [1.165, 1.54) is 25.7 Å². The summed E-state index contributed by atoms with van der Waals surface area (Å²) in [6, 6.07) is 4.47. The third kappa shape index (κ3) is 2.02. The molecule has 0 aromatic carbocycles. The summed E-state index contributed by atoms with van der Waals surface area (Å²) in [5, 5.41) is 2.20. The summed E-state index contributed by atoms with van der Waals surface area (Å²) < 4.78 is 0.943. The molecular formula is C10H13IS. The molecule has 0 N–H and O–H groups in total.